The average molecular weight is 409 g/mol. The van der Waals surface area contributed by atoms with Crippen molar-refractivity contribution in [3.63, 3.8) is 0 Å². The summed E-state index contributed by atoms with van der Waals surface area (Å²) in [5.41, 5.74) is 2.68. The molecule has 0 saturated carbocycles. The summed E-state index contributed by atoms with van der Waals surface area (Å²) >= 11 is 0. The number of esters is 1. The third-order valence-corrected chi connectivity index (χ3v) is 4.57. The molecule has 0 spiro atoms. The Morgan fingerprint density at radius 2 is 1.80 bits per heavy atom. The number of carbonyl (C=O) groups is 1. The van der Waals surface area contributed by atoms with Crippen LogP contribution in [0.15, 0.2) is 45.3 Å². The van der Waals surface area contributed by atoms with Gasteiger partial charge in [0, 0.05) is 11.5 Å². The minimum absolute atomic E-state index is 0.0645. The van der Waals surface area contributed by atoms with E-state index in [1.54, 1.807) is 38.1 Å². The van der Waals surface area contributed by atoms with Crippen LogP contribution in [0.25, 0.3) is 22.2 Å². The molecule has 8 heteroatoms. The topological polar surface area (TPSA) is 91.2 Å². The molecule has 154 valence electrons. The van der Waals surface area contributed by atoms with Crippen LogP contribution >= 0.6 is 0 Å². The average Bonchev–Trinajstić information content (AvgIpc) is 3.34. The Kier molecular flexibility index (Phi) is 5.07. The van der Waals surface area contributed by atoms with Gasteiger partial charge in [0.25, 0.3) is 5.89 Å². The van der Waals surface area contributed by atoms with Crippen LogP contribution in [-0.4, -0.2) is 21.1 Å². The van der Waals surface area contributed by atoms with Crippen molar-refractivity contribution in [3.05, 3.63) is 65.4 Å². The second-order valence-electron chi connectivity index (χ2n) is 7.31. The molecule has 0 unspecified atom stereocenters. The molecule has 0 aliphatic heterocycles. The summed E-state index contributed by atoms with van der Waals surface area (Å²) in [6.45, 7) is 7.26. The van der Waals surface area contributed by atoms with Crippen LogP contribution in [0.1, 0.15) is 60.8 Å². The zero-order valence-electron chi connectivity index (χ0n) is 17.0. The number of fused-ring (bicyclic) bond motifs is 1. The molecule has 0 fully saturated rings. The second-order valence-corrected chi connectivity index (χ2v) is 7.31. The van der Waals surface area contributed by atoms with E-state index in [1.807, 2.05) is 13.8 Å². The summed E-state index contributed by atoms with van der Waals surface area (Å²) in [6.07, 6.45) is -0.718. The van der Waals surface area contributed by atoms with Gasteiger partial charge in [-0.25, -0.2) is 14.2 Å². The highest BCUT2D eigenvalue weighted by Crippen LogP contribution is 2.33. The summed E-state index contributed by atoms with van der Waals surface area (Å²) < 4.78 is 29.8. The smallest absolute Gasteiger partial charge is 0.339 e. The van der Waals surface area contributed by atoms with Crippen LogP contribution in [0.2, 0.25) is 0 Å². The number of ether oxygens (including phenoxy) is 1. The van der Waals surface area contributed by atoms with Gasteiger partial charge in [0.05, 0.1) is 5.56 Å². The van der Waals surface area contributed by atoms with Crippen molar-refractivity contribution in [3.8, 4) is 11.1 Å². The van der Waals surface area contributed by atoms with Crippen molar-refractivity contribution < 1.29 is 22.9 Å². The quantitative estimate of drug-likeness (QED) is 0.409. The summed E-state index contributed by atoms with van der Waals surface area (Å²) in [5, 5.41) is 3.71. The Hall–Kier alpha value is -3.55. The molecular weight excluding hydrogens is 389 g/mol. The third kappa shape index (κ3) is 3.80. The lowest BCUT2D eigenvalue weighted by Gasteiger charge is -2.10. The van der Waals surface area contributed by atoms with E-state index in [-0.39, 0.29) is 23.2 Å². The lowest BCUT2D eigenvalue weighted by molar-refractivity contribution is 0.0265. The van der Waals surface area contributed by atoms with Crippen LogP contribution in [0.5, 0.6) is 0 Å². The van der Waals surface area contributed by atoms with Crippen LogP contribution in [0, 0.1) is 12.7 Å². The predicted molar refractivity (Wildman–Crippen MR) is 106 cm³/mol. The molecule has 30 heavy (non-hydrogen) atoms. The first kappa shape index (κ1) is 19.8. The molecule has 1 atom stereocenters. The maximum atomic E-state index is 13.4. The number of nitrogens with zero attached hydrogens (tertiary/aromatic N) is 3. The molecule has 0 saturated heterocycles. The highest BCUT2D eigenvalue weighted by atomic mass is 19.1. The Morgan fingerprint density at radius 3 is 2.43 bits per heavy atom. The number of halogens is 1. The fourth-order valence-corrected chi connectivity index (χ4v) is 3.02. The number of aryl methyl sites for hydroxylation is 1. The summed E-state index contributed by atoms with van der Waals surface area (Å²) in [4.78, 5) is 21.5. The molecule has 0 bridgehead atoms. The molecule has 2 aromatic carbocycles. The van der Waals surface area contributed by atoms with Gasteiger partial charge in [-0.3, -0.25) is 0 Å². The zero-order valence-corrected chi connectivity index (χ0v) is 17.0. The summed E-state index contributed by atoms with van der Waals surface area (Å²) in [7, 11) is 0. The van der Waals surface area contributed by atoms with Gasteiger partial charge in [0.2, 0.25) is 0 Å². The van der Waals surface area contributed by atoms with Gasteiger partial charge >= 0.3 is 5.97 Å². The zero-order chi connectivity index (χ0) is 21.4. The van der Waals surface area contributed by atoms with Gasteiger partial charge in [-0.2, -0.15) is 4.98 Å². The van der Waals surface area contributed by atoms with Crippen LogP contribution in [0.3, 0.4) is 0 Å². The SMILES string of the molecule is Cc1noc([C@@H](C)OC(=O)c2cc(-c3ccc(F)cc3)c3nc(C(C)C)oc3c2)n1. The normalized spacial score (nSPS) is 12.5. The summed E-state index contributed by atoms with van der Waals surface area (Å²) in [6, 6.07) is 9.23. The fraction of sp³-hybridized carbons (Fsp3) is 0.273. The maximum Gasteiger partial charge on any atom is 0.339 e. The second kappa shape index (κ2) is 7.70. The highest BCUT2D eigenvalue weighted by molar-refractivity contribution is 5.99. The molecule has 4 aromatic rings. The minimum Gasteiger partial charge on any atom is -0.449 e. The molecule has 2 aromatic heterocycles. The first-order chi connectivity index (χ1) is 14.3. The van der Waals surface area contributed by atoms with Crippen LogP contribution in [-0.2, 0) is 4.74 Å². The minimum atomic E-state index is -0.718. The van der Waals surface area contributed by atoms with Gasteiger partial charge in [0.1, 0.15) is 11.3 Å². The van der Waals surface area contributed by atoms with Crippen LogP contribution in [0.4, 0.5) is 4.39 Å². The van der Waals surface area contributed by atoms with Gasteiger partial charge in [-0.15, -0.1) is 0 Å². The lowest BCUT2D eigenvalue weighted by atomic mass is 10.0. The molecule has 0 N–H and O–H groups in total. The first-order valence-electron chi connectivity index (χ1n) is 9.53. The van der Waals surface area contributed by atoms with Gasteiger partial charge in [-0.1, -0.05) is 31.1 Å². The Morgan fingerprint density at radius 1 is 1.07 bits per heavy atom. The van der Waals surface area contributed by atoms with Crippen molar-refractivity contribution >= 4 is 17.1 Å². The van der Waals surface area contributed by atoms with Crippen LogP contribution < -0.4 is 0 Å². The van der Waals surface area contributed by atoms with E-state index in [4.69, 9.17) is 13.7 Å². The van der Waals surface area contributed by atoms with Crippen molar-refractivity contribution in [2.45, 2.75) is 39.7 Å². The van der Waals surface area contributed by atoms with Crippen molar-refractivity contribution in [1.82, 2.24) is 15.1 Å². The monoisotopic (exact) mass is 409 g/mol. The number of hydrogen-bond acceptors (Lipinski definition) is 7. The molecule has 0 aliphatic rings. The van der Waals surface area contributed by atoms with Crippen molar-refractivity contribution in [2.75, 3.05) is 0 Å². The fourth-order valence-electron chi connectivity index (χ4n) is 3.02. The lowest BCUT2D eigenvalue weighted by Crippen LogP contribution is -2.10. The standard InChI is InChI=1S/C22H20FN3O4/c1-11(2)20-25-19-17(14-5-7-16(23)8-6-14)9-15(10-18(19)29-20)22(27)28-12(3)21-24-13(4)26-30-21/h5-12H,1-4H3/t12-/m1/s1. The first-order valence-corrected chi connectivity index (χ1v) is 9.53. The maximum absolute atomic E-state index is 13.4. The molecule has 7 nitrogen and oxygen atoms in total. The Bertz CT molecular complexity index is 1210. The van der Waals surface area contributed by atoms with E-state index < -0.39 is 12.1 Å². The number of aromatic nitrogens is 3. The van der Waals surface area contributed by atoms with E-state index in [0.29, 0.717) is 33.9 Å². The van der Waals surface area contributed by atoms with Crippen molar-refractivity contribution in [2.24, 2.45) is 0 Å². The third-order valence-electron chi connectivity index (χ3n) is 4.57. The molecule has 0 aliphatic carbocycles. The number of rotatable bonds is 5. The van der Waals surface area contributed by atoms with Gasteiger partial charge < -0.3 is 13.7 Å². The number of carbonyl (C=O) groups excluding carboxylic acids is 1. The molecular formula is C22H20FN3O4. The largest absolute Gasteiger partial charge is 0.449 e. The molecule has 0 amide bonds. The number of hydrogen-bond donors (Lipinski definition) is 0. The van der Waals surface area contributed by atoms with Gasteiger partial charge in [0.15, 0.2) is 23.4 Å². The summed E-state index contributed by atoms with van der Waals surface area (Å²) in [5.74, 6) is 0.352. The van der Waals surface area contributed by atoms with E-state index in [1.165, 1.54) is 12.1 Å². The van der Waals surface area contributed by atoms with Gasteiger partial charge in [-0.05, 0) is 43.7 Å². The van der Waals surface area contributed by atoms with E-state index >= 15 is 0 Å². The Labute approximate surface area is 171 Å². The molecule has 2 heterocycles. The van der Waals surface area contributed by atoms with E-state index in [0.717, 1.165) is 0 Å². The molecule has 0 radical (unpaired) electrons. The predicted octanol–water partition coefficient (Wildman–Crippen LogP) is 5.37. The van der Waals surface area contributed by atoms with E-state index in [9.17, 15) is 9.18 Å². The number of benzene rings is 2. The Balaban J connectivity index is 1.76. The molecule has 4 rings (SSSR count). The number of oxazole rings is 1. The highest BCUT2D eigenvalue weighted by Gasteiger charge is 2.22. The van der Waals surface area contributed by atoms with Crippen molar-refractivity contribution in [1.29, 1.82) is 0 Å². The van der Waals surface area contributed by atoms with E-state index in [2.05, 4.69) is 15.1 Å².